The second-order valence-corrected chi connectivity index (χ2v) is 5.77. The van der Waals surface area contributed by atoms with Crippen molar-refractivity contribution in [2.24, 2.45) is 5.92 Å². The number of carbonyl (C=O) groups excluding carboxylic acids is 1. The molecule has 1 N–H and O–H groups in total. The van der Waals surface area contributed by atoms with Gasteiger partial charge in [-0.2, -0.15) is 0 Å². The molecule has 0 bridgehead atoms. The first-order chi connectivity index (χ1) is 11.8. The van der Waals surface area contributed by atoms with Crippen LogP contribution in [0.25, 0.3) is 11.3 Å². The molecule has 1 aliphatic rings. The number of nitrogens with zero attached hydrogens (tertiary/aromatic N) is 2. The molecule has 7 heteroatoms. The van der Waals surface area contributed by atoms with Gasteiger partial charge in [-0.15, -0.1) is 12.4 Å². The Bertz CT molecular complexity index is 688. The summed E-state index contributed by atoms with van der Waals surface area (Å²) >= 11 is 0. The van der Waals surface area contributed by atoms with E-state index in [0.717, 1.165) is 43.9 Å². The Balaban J connectivity index is 0.00000225. The van der Waals surface area contributed by atoms with Gasteiger partial charge >= 0.3 is 5.97 Å². The van der Waals surface area contributed by atoms with Crippen LogP contribution in [0.4, 0.5) is 0 Å². The van der Waals surface area contributed by atoms with Crippen molar-refractivity contribution in [3.8, 4) is 17.0 Å². The molecule has 0 radical (unpaired) electrons. The third kappa shape index (κ3) is 4.90. The van der Waals surface area contributed by atoms with Crippen LogP contribution in [0.3, 0.4) is 0 Å². The lowest BCUT2D eigenvalue weighted by Gasteiger charge is -2.22. The number of nitrogens with one attached hydrogen (secondary N) is 1. The predicted octanol–water partition coefficient (Wildman–Crippen LogP) is 2.73. The van der Waals surface area contributed by atoms with E-state index in [1.54, 1.807) is 6.20 Å². The first kappa shape index (κ1) is 19.1. The van der Waals surface area contributed by atoms with Gasteiger partial charge in [0, 0.05) is 18.0 Å². The van der Waals surface area contributed by atoms with E-state index in [1.807, 2.05) is 24.3 Å². The van der Waals surface area contributed by atoms with Crippen LogP contribution in [0.1, 0.15) is 23.3 Å². The highest BCUT2D eigenvalue weighted by Crippen LogP contribution is 2.24. The quantitative estimate of drug-likeness (QED) is 0.823. The molecule has 0 aliphatic carbocycles. The van der Waals surface area contributed by atoms with Gasteiger partial charge in [0.1, 0.15) is 11.4 Å². The minimum absolute atomic E-state index is 0. The van der Waals surface area contributed by atoms with Gasteiger partial charge in [-0.3, -0.25) is 4.98 Å². The molecule has 0 spiro atoms. The maximum Gasteiger partial charge on any atom is 0.358 e. The Labute approximate surface area is 153 Å². The number of aromatic nitrogens is 2. The topological polar surface area (TPSA) is 73.3 Å². The fraction of sp³-hybridized carbons (Fsp3) is 0.389. The number of halogens is 1. The van der Waals surface area contributed by atoms with Gasteiger partial charge < -0.3 is 14.8 Å². The van der Waals surface area contributed by atoms with Crippen molar-refractivity contribution in [3.05, 3.63) is 42.4 Å². The normalized spacial score (nSPS) is 14.4. The average Bonchev–Trinajstić information content (AvgIpc) is 2.67. The lowest BCUT2D eigenvalue weighted by Crippen LogP contribution is -2.30. The summed E-state index contributed by atoms with van der Waals surface area (Å²) in [4.78, 5) is 20.1. The van der Waals surface area contributed by atoms with E-state index in [0.29, 0.717) is 11.6 Å². The first-order valence-electron chi connectivity index (χ1n) is 8.11. The van der Waals surface area contributed by atoms with Crippen LogP contribution in [0.15, 0.2) is 36.7 Å². The Kier molecular flexibility index (Phi) is 7.16. The fourth-order valence-corrected chi connectivity index (χ4v) is 2.77. The van der Waals surface area contributed by atoms with Crippen molar-refractivity contribution >= 4 is 18.4 Å². The standard InChI is InChI=1S/C18H21N3O3.ClH/c1-23-18(22)17-16(20-10-11-21-17)14-2-4-15(5-3-14)24-12-13-6-8-19-9-7-13;/h2-5,10-11,13,19H,6-9,12H2,1H3;1H. The fourth-order valence-electron chi connectivity index (χ4n) is 2.77. The van der Waals surface area contributed by atoms with Crippen molar-refractivity contribution in [1.29, 1.82) is 0 Å². The highest BCUT2D eigenvalue weighted by molar-refractivity contribution is 5.93. The second kappa shape index (κ2) is 9.34. The van der Waals surface area contributed by atoms with Crippen LogP contribution < -0.4 is 10.1 Å². The van der Waals surface area contributed by atoms with Crippen LogP contribution in [0.2, 0.25) is 0 Å². The highest BCUT2D eigenvalue weighted by atomic mass is 35.5. The Morgan fingerprint density at radius 1 is 1.16 bits per heavy atom. The minimum Gasteiger partial charge on any atom is -0.493 e. The molecule has 134 valence electrons. The molecule has 0 unspecified atom stereocenters. The van der Waals surface area contributed by atoms with E-state index in [4.69, 9.17) is 9.47 Å². The molecule has 2 aromatic rings. The summed E-state index contributed by atoms with van der Waals surface area (Å²) in [5.74, 6) is 0.932. The number of benzene rings is 1. The summed E-state index contributed by atoms with van der Waals surface area (Å²) in [5, 5.41) is 3.35. The number of ether oxygens (including phenoxy) is 2. The van der Waals surface area contributed by atoms with Crippen molar-refractivity contribution in [2.45, 2.75) is 12.8 Å². The smallest absolute Gasteiger partial charge is 0.358 e. The number of hydrogen-bond donors (Lipinski definition) is 1. The van der Waals surface area contributed by atoms with Crippen LogP contribution in [0, 0.1) is 5.92 Å². The molecule has 1 fully saturated rings. The zero-order valence-corrected chi connectivity index (χ0v) is 14.9. The third-order valence-corrected chi connectivity index (χ3v) is 4.15. The van der Waals surface area contributed by atoms with Gasteiger partial charge in [-0.05, 0) is 56.1 Å². The van der Waals surface area contributed by atoms with Crippen molar-refractivity contribution in [3.63, 3.8) is 0 Å². The van der Waals surface area contributed by atoms with E-state index < -0.39 is 5.97 Å². The number of hydrogen-bond acceptors (Lipinski definition) is 6. The summed E-state index contributed by atoms with van der Waals surface area (Å²) in [5.41, 5.74) is 1.52. The molecule has 2 heterocycles. The van der Waals surface area contributed by atoms with Gasteiger partial charge in [0.15, 0.2) is 5.69 Å². The van der Waals surface area contributed by atoms with Crippen LogP contribution in [0.5, 0.6) is 5.75 Å². The van der Waals surface area contributed by atoms with Gasteiger partial charge in [-0.1, -0.05) is 0 Å². The number of methoxy groups -OCH3 is 1. The molecular formula is C18H22ClN3O3. The van der Waals surface area contributed by atoms with Gasteiger partial charge in [0.2, 0.25) is 0 Å². The average molecular weight is 364 g/mol. The van der Waals surface area contributed by atoms with Crippen LogP contribution in [-0.4, -0.2) is 42.7 Å². The van der Waals surface area contributed by atoms with E-state index in [9.17, 15) is 4.79 Å². The molecule has 1 aromatic carbocycles. The Morgan fingerprint density at radius 2 is 1.84 bits per heavy atom. The number of piperidine rings is 1. The Morgan fingerprint density at radius 3 is 2.52 bits per heavy atom. The zero-order valence-electron chi connectivity index (χ0n) is 14.1. The second-order valence-electron chi connectivity index (χ2n) is 5.77. The highest BCUT2D eigenvalue weighted by Gasteiger charge is 2.16. The van der Waals surface area contributed by atoms with Gasteiger partial charge in [-0.25, -0.2) is 9.78 Å². The van der Waals surface area contributed by atoms with Crippen LogP contribution in [-0.2, 0) is 4.74 Å². The lowest BCUT2D eigenvalue weighted by atomic mass is 9.99. The molecule has 3 rings (SSSR count). The van der Waals surface area contributed by atoms with E-state index in [-0.39, 0.29) is 18.1 Å². The molecule has 1 saturated heterocycles. The number of rotatable bonds is 5. The number of carbonyl (C=O) groups is 1. The van der Waals surface area contributed by atoms with Crippen molar-refractivity contribution in [2.75, 3.05) is 26.8 Å². The van der Waals surface area contributed by atoms with E-state index >= 15 is 0 Å². The lowest BCUT2D eigenvalue weighted by molar-refractivity contribution is 0.0594. The summed E-state index contributed by atoms with van der Waals surface area (Å²) in [6.45, 7) is 2.87. The monoisotopic (exact) mass is 363 g/mol. The van der Waals surface area contributed by atoms with E-state index in [1.165, 1.54) is 13.3 Å². The molecular weight excluding hydrogens is 342 g/mol. The summed E-state index contributed by atoms with van der Waals surface area (Å²) < 4.78 is 10.6. The predicted molar refractivity (Wildman–Crippen MR) is 97.1 cm³/mol. The summed E-state index contributed by atoms with van der Waals surface area (Å²) in [6.07, 6.45) is 5.34. The summed E-state index contributed by atoms with van der Waals surface area (Å²) in [7, 11) is 1.33. The number of esters is 1. The maximum atomic E-state index is 11.8. The van der Waals surface area contributed by atoms with Crippen molar-refractivity contribution < 1.29 is 14.3 Å². The van der Waals surface area contributed by atoms with Crippen LogP contribution >= 0.6 is 12.4 Å². The minimum atomic E-state index is -0.496. The first-order valence-corrected chi connectivity index (χ1v) is 8.11. The molecule has 0 atom stereocenters. The zero-order chi connectivity index (χ0) is 16.8. The van der Waals surface area contributed by atoms with Gasteiger partial charge in [0.25, 0.3) is 0 Å². The Hall–Kier alpha value is -2.18. The molecule has 25 heavy (non-hydrogen) atoms. The summed E-state index contributed by atoms with van der Waals surface area (Å²) in [6, 6.07) is 7.56. The molecule has 0 amide bonds. The molecule has 0 saturated carbocycles. The molecule has 1 aliphatic heterocycles. The largest absolute Gasteiger partial charge is 0.493 e. The maximum absolute atomic E-state index is 11.8. The molecule has 1 aromatic heterocycles. The molecule has 6 nitrogen and oxygen atoms in total. The van der Waals surface area contributed by atoms with Gasteiger partial charge in [0.05, 0.1) is 13.7 Å². The SMILES string of the molecule is COC(=O)c1nccnc1-c1ccc(OCC2CCNCC2)cc1.Cl. The van der Waals surface area contributed by atoms with E-state index in [2.05, 4.69) is 15.3 Å². The third-order valence-electron chi connectivity index (χ3n) is 4.15. The van der Waals surface area contributed by atoms with Crippen molar-refractivity contribution in [1.82, 2.24) is 15.3 Å².